The Labute approximate surface area is 196 Å². The minimum Gasteiger partial charge on any atom is -0.296 e. The van der Waals surface area contributed by atoms with Crippen LogP contribution in [0, 0.1) is 5.92 Å². The van der Waals surface area contributed by atoms with Gasteiger partial charge in [0.25, 0.3) is 0 Å². The maximum atomic E-state index is 12.9. The van der Waals surface area contributed by atoms with Crippen LogP contribution in [0.15, 0.2) is 70.0 Å². The third kappa shape index (κ3) is 5.37. The summed E-state index contributed by atoms with van der Waals surface area (Å²) in [7, 11) is 2.10. The summed E-state index contributed by atoms with van der Waals surface area (Å²) in [6.07, 6.45) is 3.25. The van der Waals surface area contributed by atoms with Gasteiger partial charge in [-0.25, -0.2) is 0 Å². The van der Waals surface area contributed by atoms with Gasteiger partial charge < -0.3 is 0 Å². The highest BCUT2D eigenvalue weighted by molar-refractivity contribution is 6.04. The molecular weight excluding hydrogens is 372 g/mol. The molecular formula is C26H50N2O2. The molecule has 2 saturated heterocycles. The van der Waals surface area contributed by atoms with Gasteiger partial charge in [0.15, 0.2) is 0 Å². The molecule has 2 aliphatic rings. The molecule has 0 aromatic carbocycles. The topological polar surface area (TPSA) is 40.6 Å². The van der Waals surface area contributed by atoms with Crippen LogP contribution in [0.5, 0.6) is 0 Å². The van der Waals surface area contributed by atoms with Crippen molar-refractivity contribution in [3.8, 4) is 0 Å². The molecule has 1 atom stereocenters. The highest BCUT2D eigenvalue weighted by Gasteiger charge is 2.49. The van der Waals surface area contributed by atoms with Gasteiger partial charge in [-0.2, -0.15) is 0 Å². The minimum atomic E-state index is -0.518. The van der Waals surface area contributed by atoms with E-state index >= 15 is 0 Å². The number of piperidine rings is 1. The molecule has 1 unspecified atom stereocenters. The SMILES string of the molecule is C=C=C=C=C=C=C=C=C=C=C=CC1CC(=O)N(C2CC(C)(C)N(C)C(C)(C)C2)C1=O.[HH].[HH].[HH].[HH].[HH].[HH].[HH].[HH].[HH].[HH].[HH].[HH]. The molecule has 0 aromatic heterocycles. The minimum absolute atomic E-state index is 0. The maximum Gasteiger partial charge on any atom is 0.237 e. The summed E-state index contributed by atoms with van der Waals surface area (Å²) in [5, 5.41) is 0. The molecule has 2 fully saturated rings. The molecule has 0 spiro atoms. The van der Waals surface area contributed by atoms with Crippen molar-refractivity contribution in [3.63, 3.8) is 0 Å². The molecule has 30 heavy (non-hydrogen) atoms. The van der Waals surface area contributed by atoms with E-state index in [1.807, 2.05) is 0 Å². The highest BCUT2D eigenvalue weighted by atomic mass is 16.2. The molecule has 4 nitrogen and oxygen atoms in total. The average molecular weight is 423 g/mol. The van der Waals surface area contributed by atoms with Crippen molar-refractivity contribution < 1.29 is 26.7 Å². The fourth-order valence-corrected chi connectivity index (χ4v) is 4.10. The molecule has 2 amide bonds. The van der Waals surface area contributed by atoms with Gasteiger partial charge in [0.2, 0.25) is 11.8 Å². The van der Waals surface area contributed by atoms with Gasteiger partial charge >= 0.3 is 0 Å². The zero-order valence-electron chi connectivity index (χ0n) is 18.3. The summed E-state index contributed by atoms with van der Waals surface area (Å²) in [5.74, 6) is -0.800. The van der Waals surface area contributed by atoms with Crippen molar-refractivity contribution in [2.24, 2.45) is 5.92 Å². The van der Waals surface area contributed by atoms with Crippen LogP contribution in [-0.4, -0.2) is 45.8 Å². The lowest BCUT2D eigenvalue weighted by Gasteiger charge is -2.54. The Morgan fingerprint density at radius 2 is 1.43 bits per heavy atom. The summed E-state index contributed by atoms with van der Waals surface area (Å²) in [5.41, 5.74) is 25.2. The standard InChI is InChI=1S/C26H26N2O2.12H2/c1-7-8-9-10-11-12-13-14-15-16-17-21-18-23(29)28(24(21)30)22-19-25(2,3)27(6)26(4,5)20-22;;;;;;;;;;;;/h17,21-22H,1,18-20H2,2-6H3;12*1H. The van der Waals surface area contributed by atoms with E-state index in [1.54, 1.807) is 6.08 Å². The van der Waals surface area contributed by atoms with E-state index in [-0.39, 0.29) is 52.5 Å². The normalized spacial score (nSPS) is 21.9. The number of likely N-dealkylation sites (tertiary alicyclic amines) is 2. The predicted molar refractivity (Wildman–Crippen MR) is 140 cm³/mol. The van der Waals surface area contributed by atoms with Crippen molar-refractivity contribution >= 4 is 11.8 Å². The van der Waals surface area contributed by atoms with Crippen molar-refractivity contribution in [3.05, 3.63) is 70.0 Å². The fraction of sp³-hybridized carbons (Fsp3) is 0.462. The lowest BCUT2D eigenvalue weighted by molar-refractivity contribution is -0.146. The molecule has 2 aliphatic heterocycles. The molecule has 2 heterocycles. The van der Waals surface area contributed by atoms with Gasteiger partial charge in [-0.15, -0.1) is 0 Å². The third-order valence-electron chi connectivity index (χ3n) is 5.75. The monoisotopic (exact) mass is 422 g/mol. The predicted octanol–water partition coefficient (Wildman–Crippen LogP) is 6.70. The van der Waals surface area contributed by atoms with Crippen LogP contribution < -0.4 is 0 Å². The van der Waals surface area contributed by atoms with E-state index in [0.717, 1.165) is 12.8 Å². The van der Waals surface area contributed by atoms with E-state index in [1.165, 1.54) is 4.90 Å². The molecule has 0 N–H and O–H groups in total. The number of hydrogen-bond donors (Lipinski definition) is 0. The molecule has 0 saturated carbocycles. The van der Waals surface area contributed by atoms with Gasteiger partial charge in [-0.3, -0.25) is 19.4 Å². The van der Waals surface area contributed by atoms with Crippen LogP contribution >= 0.6 is 0 Å². The van der Waals surface area contributed by atoms with E-state index in [9.17, 15) is 9.59 Å². The van der Waals surface area contributed by atoms with E-state index < -0.39 is 5.92 Å². The first kappa shape index (κ1) is 22.9. The van der Waals surface area contributed by atoms with Crippen molar-refractivity contribution in [1.82, 2.24) is 9.80 Å². The molecule has 0 radical (unpaired) electrons. The van der Waals surface area contributed by atoms with Gasteiger partial charge in [-0.1, -0.05) is 11.5 Å². The van der Waals surface area contributed by atoms with Crippen LogP contribution in [0.25, 0.3) is 0 Å². The fourth-order valence-electron chi connectivity index (χ4n) is 4.10. The number of carbonyl (C=O) groups excluding carboxylic acids is 2. The van der Waals surface area contributed by atoms with E-state index in [2.05, 4.69) is 104 Å². The lowest BCUT2D eigenvalue weighted by Crippen LogP contribution is -2.63. The lowest BCUT2D eigenvalue weighted by atomic mass is 9.77. The Morgan fingerprint density at radius 1 is 0.933 bits per heavy atom. The smallest absolute Gasteiger partial charge is 0.237 e. The summed E-state index contributed by atoms with van der Waals surface area (Å²) in [4.78, 5) is 29.4. The number of hydrogen-bond acceptors (Lipinski definition) is 3. The average Bonchev–Trinajstić information content (AvgIpc) is 2.94. The van der Waals surface area contributed by atoms with Gasteiger partial charge in [0.1, 0.15) is 0 Å². The molecule has 0 aliphatic carbocycles. The molecule has 4 heteroatoms. The largest absolute Gasteiger partial charge is 0.296 e. The van der Waals surface area contributed by atoms with E-state index in [0.29, 0.717) is 0 Å². The zero-order chi connectivity index (χ0) is 22.4. The summed E-state index contributed by atoms with van der Waals surface area (Å²) < 4.78 is 0. The molecule has 176 valence electrons. The number of imide groups is 1. The molecule has 2 rings (SSSR count). The van der Waals surface area contributed by atoms with Gasteiger partial charge in [0, 0.05) is 40.7 Å². The Morgan fingerprint density at radius 3 is 1.97 bits per heavy atom. The summed E-state index contributed by atoms with van der Waals surface area (Å²) in [6.45, 7) is 12.0. The van der Waals surface area contributed by atoms with Crippen molar-refractivity contribution in [1.29, 1.82) is 0 Å². The second-order valence-electron chi connectivity index (χ2n) is 8.65. The maximum absolute atomic E-state index is 12.9. The number of carbonyl (C=O) groups is 2. The quantitative estimate of drug-likeness (QED) is 0.367. The van der Waals surface area contributed by atoms with Crippen LogP contribution in [0.3, 0.4) is 0 Å². The van der Waals surface area contributed by atoms with Crippen LogP contribution in [0.2, 0.25) is 0 Å². The van der Waals surface area contributed by atoms with Gasteiger partial charge in [0.05, 0.1) is 5.92 Å². The Hall–Kier alpha value is -3.36. The molecule has 0 aromatic rings. The summed E-state index contributed by atoms with van der Waals surface area (Å²) >= 11 is 0. The highest BCUT2D eigenvalue weighted by Crippen LogP contribution is 2.40. The Bertz CT molecular complexity index is 1140. The first-order chi connectivity index (χ1) is 14.1. The first-order valence-electron chi connectivity index (χ1n) is 9.81. The molecule has 0 bridgehead atoms. The number of rotatable bonds is 2. The summed E-state index contributed by atoms with van der Waals surface area (Å²) in [6, 6.07) is -0.0955. The Balaban J connectivity index is -0.0000000890. The van der Waals surface area contributed by atoms with E-state index in [4.69, 9.17) is 0 Å². The number of amides is 2. The van der Waals surface area contributed by atoms with Crippen molar-refractivity contribution in [2.75, 3.05) is 7.05 Å². The van der Waals surface area contributed by atoms with Crippen molar-refractivity contribution in [2.45, 2.75) is 64.1 Å². The Kier molecular flexibility index (Phi) is 7.20. The first-order valence-corrected chi connectivity index (χ1v) is 9.81. The van der Waals surface area contributed by atoms with Crippen LogP contribution in [0.1, 0.15) is 64.1 Å². The van der Waals surface area contributed by atoms with Crippen LogP contribution in [-0.2, 0) is 9.59 Å². The second kappa shape index (κ2) is 9.43. The van der Waals surface area contributed by atoms with Gasteiger partial charge in [-0.05, 0) is 106 Å². The third-order valence-corrected chi connectivity index (χ3v) is 5.75. The zero-order valence-corrected chi connectivity index (χ0v) is 18.3. The second-order valence-corrected chi connectivity index (χ2v) is 8.65. The van der Waals surface area contributed by atoms with Crippen LogP contribution in [0.4, 0.5) is 0 Å². The number of nitrogens with zero attached hydrogens (tertiary/aromatic N) is 2.